The summed E-state index contributed by atoms with van der Waals surface area (Å²) in [7, 11) is 2.88. The van der Waals surface area contributed by atoms with Gasteiger partial charge in [0.05, 0.1) is 14.2 Å². The molecule has 0 spiro atoms. The minimum absolute atomic E-state index is 0.145. The van der Waals surface area contributed by atoms with E-state index in [1.165, 1.54) is 38.5 Å². The molecule has 21 heavy (non-hydrogen) atoms. The van der Waals surface area contributed by atoms with Crippen molar-refractivity contribution in [2.75, 3.05) is 14.2 Å². The van der Waals surface area contributed by atoms with E-state index in [0.29, 0.717) is 17.2 Å². The van der Waals surface area contributed by atoms with Gasteiger partial charge in [-0.15, -0.1) is 0 Å². The summed E-state index contributed by atoms with van der Waals surface area (Å²) < 4.78 is 10.2. The number of ether oxygens (including phenoxy) is 2. The minimum atomic E-state index is -0.712. The molecule has 0 amide bonds. The average Bonchev–Trinajstić information content (AvgIpc) is 2.53. The lowest BCUT2D eigenvalue weighted by atomic mass is 10.2. The molecule has 1 aliphatic carbocycles. The van der Waals surface area contributed by atoms with Crippen molar-refractivity contribution < 1.29 is 23.9 Å². The van der Waals surface area contributed by atoms with Gasteiger partial charge in [-0.25, -0.2) is 4.79 Å². The number of hydrogen-bond donors (Lipinski definition) is 0. The van der Waals surface area contributed by atoms with Crippen LogP contribution in [0.4, 0.5) is 0 Å². The quantitative estimate of drug-likeness (QED) is 0.480. The van der Waals surface area contributed by atoms with Gasteiger partial charge in [0.25, 0.3) is 0 Å². The summed E-state index contributed by atoms with van der Waals surface area (Å²) in [5.41, 5.74) is 0.503. The van der Waals surface area contributed by atoms with E-state index in [0.717, 1.165) is 0 Å². The Balaban J connectivity index is 2.21. The van der Waals surface area contributed by atoms with Crippen molar-refractivity contribution in [1.29, 1.82) is 0 Å². The summed E-state index contributed by atoms with van der Waals surface area (Å²) in [6.45, 7) is 0. The van der Waals surface area contributed by atoms with Crippen LogP contribution in [-0.4, -0.2) is 31.7 Å². The molecule has 0 aromatic heterocycles. The Kier molecular flexibility index (Phi) is 4.50. The predicted octanol–water partition coefficient (Wildman–Crippen LogP) is 1.91. The van der Waals surface area contributed by atoms with Crippen LogP contribution in [0, 0.1) is 0 Å². The van der Waals surface area contributed by atoms with Crippen molar-refractivity contribution in [2.45, 2.75) is 0 Å². The van der Waals surface area contributed by atoms with Crippen LogP contribution < -0.4 is 9.47 Å². The van der Waals surface area contributed by atoms with Crippen molar-refractivity contribution in [1.82, 2.24) is 0 Å². The van der Waals surface area contributed by atoms with E-state index in [1.54, 1.807) is 18.2 Å². The molecular weight excluding hydrogens is 274 g/mol. The van der Waals surface area contributed by atoms with Gasteiger partial charge >= 0.3 is 5.97 Å². The number of benzene rings is 1. The van der Waals surface area contributed by atoms with Gasteiger partial charge < -0.3 is 14.3 Å². The maximum absolute atomic E-state index is 12.1. The number of carbonyl (C=O) groups excluding carboxylic acids is 2. The maximum atomic E-state index is 12.1. The molecule has 6 heteroatoms. The first-order valence-electron chi connectivity index (χ1n) is 6.06. The van der Waals surface area contributed by atoms with Crippen molar-refractivity contribution in [3.8, 4) is 11.5 Å². The summed E-state index contributed by atoms with van der Waals surface area (Å²) in [5.74, 6) is -0.212. The number of methoxy groups -OCH3 is 2. The van der Waals surface area contributed by atoms with Gasteiger partial charge in [-0.2, -0.15) is 0 Å². The van der Waals surface area contributed by atoms with Gasteiger partial charge in [0.15, 0.2) is 5.78 Å². The first kappa shape index (κ1) is 14.5. The van der Waals surface area contributed by atoms with E-state index in [-0.39, 0.29) is 11.3 Å². The number of oxime groups is 1. The lowest BCUT2D eigenvalue weighted by Crippen LogP contribution is -2.08. The topological polar surface area (TPSA) is 74.2 Å². The van der Waals surface area contributed by atoms with Gasteiger partial charge in [0.1, 0.15) is 22.8 Å². The van der Waals surface area contributed by atoms with Crippen LogP contribution in [0.5, 0.6) is 11.5 Å². The monoisotopic (exact) mass is 287 g/mol. The Labute approximate surface area is 121 Å². The molecule has 0 saturated heterocycles. The second-order valence-corrected chi connectivity index (χ2v) is 4.00. The fourth-order valence-electron chi connectivity index (χ4n) is 1.70. The van der Waals surface area contributed by atoms with Gasteiger partial charge in [0, 0.05) is 0 Å². The fourth-order valence-corrected chi connectivity index (χ4v) is 1.70. The second-order valence-electron chi connectivity index (χ2n) is 4.00. The number of carbonyl (C=O) groups is 2. The molecule has 0 N–H and O–H groups in total. The SMILES string of the molecule is COc1cccc(OC)c1C(=O)ON=C1C=CC(=O)C=C1. The molecule has 0 unspecified atom stereocenters. The van der Waals surface area contributed by atoms with Crippen molar-refractivity contribution in [3.63, 3.8) is 0 Å². The van der Waals surface area contributed by atoms with Crippen LogP contribution in [0.1, 0.15) is 10.4 Å². The van der Waals surface area contributed by atoms with Crippen molar-refractivity contribution >= 4 is 17.5 Å². The summed E-state index contributed by atoms with van der Waals surface area (Å²) >= 11 is 0. The highest BCUT2D eigenvalue weighted by atomic mass is 16.7. The molecule has 0 heterocycles. The van der Waals surface area contributed by atoms with E-state index in [9.17, 15) is 9.59 Å². The molecule has 0 fully saturated rings. The van der Waals surface area contributed by atoms with E-state index < -0.39 is 5.97 Å². The Morgan fingerprint density at radius 2 is 1.57 bits per heavy atom. The Morgan fingerprint density at radius 1 is 1.00 bits per heavy atom. The average molecular weight is 287 g/mol. The van der Waals surface area contributed by atoms with Crippen LogP contribution in [0.25, 0.3) is 0 Å². The minimum Gasteiger partial charge on any atom is -0.496 e. The number of hydrogen-bond acceptors (Lipinski definition) is 6. The van der Waals surface area contributed by atoms with E-state index in [2.05, 4.69) is 5.16 Å². The van der Waals surface area contributed by atoms with Crippen LogP contribution >= 0.6 is 0 Å². The molecule has 108 valence electrons. The number of nitrogens with zero attached hydrogens (tertiary/aromatic N) is 1. The summed E-state index contributed by atoms with van der Waals surface area (Å²) in [6.07, 6.45) is 5.57. The Bertz CT molecular complexity index is 618. The lowest BCUT2D eigenvalue weighted by molar-refractivity contribution is -0.110. The molecule has 2 rings (SSSR count). The van der Waals surface area contributed by atoms with Crippen LogP contribution in [0.3, 0.4) is 0 Å². The van der Waals surface area contributed by atoms with Crippen LogP contribution in [-0.2, 0) is 9.63 Å². The zero-order chi connectivity index (χ0) is 15.2. The fraction of sp³-hybridized carbons (Fsp3) is 0.133. The largest absolute Gasteiger partial charge is 0.496 e. The molecule has 1 aromatic carbocycles. The third-order valence-electron chi connectivity index (χ3n) is 2.70. The lowest BCUT2D eigenvalue weighted by Gasteiger charge is -2.10. The highest BCUT2D eigenvalue weighted by molar-refractivity contribution is 6.16. The third kappa shape index (κ3) is 3.36. The molecule has 1 aliphatic rings. The standard InChI is InChI=1S/C15H13NO5/c1-19-12-4-3-5-13(20-2)14(12)15(18)21-16-10-6-8-11(17)9-7-10/h3-9H,1-2H3. The predicted molar refractivity (Wildman–Crippen MR) is 75.7 cm³/mol. The molecule has 0 bridgehead atoms. The second kappa shape index (κ2) is 6.51. The third-order valence-corrected chi connectivity index (χ3v) is 2.70. The molecule has 0 aliphatic heterocycles. The van der Waals surface area contributed by atoms with E-state index in [4.69, 9.17) is 14.3 Å². The first-order chi connectivity index (χ1) is 10.2. The summed E-state index contributed by atoms with van der Waals surface area (Å²) in [4.78, 5) is 27.9. The zero-order valence-electron chi connectivity index (χ0n) is 11.5. The van der Waals surface area contributed by atoms with Gasteiger partial charge in [-0.05, 0) is 36.4 Å². The van der Waals surface area contributed by atoms with E-state index >= 15 is 0 Å². The molecule has 0 saturated carbocycles. The highest BCUT2D eigenvalue weighted by Crippen LogP contribution is 2.28. The number of ketones is 1. The number of rotatable bonds is 4. The summed E-state index contributed by atoms with van der Waals surface area (Å²) in [6, 6.07) is 4.93. The zero-order valence-corrected chi connectivity index (χ0v) is 11.5. The normalized spacial score (nSPS) is 13.0. The number of allylic oxidation sites excluding steroid dienone is 4. The van der Waals surface area contributed by atoms with Gasteiger partial charge in [0.2, 0.25) is 0 Å². The highest BCUT2D eigenvalue weighted by Gasteiger charge is 2.20. The molecule has 0 radical (unpaired) electrons. The van der Waals surface area contributed by atoms with Crippen molar-refractivity contribution in [3.05, 3.63) is 48.1 Å². The van der Waals surface area contributed by atoms with E-state index in [1.807, 2.05) is 0 Å². The molecule has 6 nitrogen and oxygen atoms in total. The smallest absolute Gasteiger partial charge is 0.373 e. The first-order valence-corrected chi connectivity index (χ1v) is 6.06. The van der Waals surface area contributed by atoms with Gasteiger partial charge in [-0.1, -0.05) is 11.2 Å². The van der Waals surface area contributed by atoms with Gasteiger partial charge in [-0.3, -0.25) is 4.79 Å². The Morgan fingerprint density at radius 3 is 2.10 bits per heavy atom. The Hall–Kier alpha value is -2.89. The molecule has 1 aromatic rings. The van der Waals surface area contributed by atoms with Crippen LogP contribution in [0.15, 0.2) is 47.7 Å². The molecule has 0 atom stereocenters. The van der Waals surface area contributed by atoms with Crippen LogP contribution in [0.2, 0.25) is 0 Å². The van der Waals surface area contributed by atoms with Crippen molar-refractivity contribution in [2.24, 2.45) is 5.16 Å². The molecular formula is C15H13NO5. The summed E-state index contributed by atoms with van der Waals surface area (Å²) in [5, 5.41) is 3.67. The maximum Gasteiger partial charge on any atom is 0.373 e.